The summed E-state index contributed by atoms with van der Waals surface area (Å²) >= 11 is 0. The summed E-state index contributed by atoms with van der Waals surface area (Å²) in [6.07, 6.45) is 3.48. The zero-order valence-electron chi connectivity index (χ0n) is 12.2. The van der Waals surface area contributed by atoms with Gasteiger partial charge in [-0.25, -0.2) is 4.98 Å². The van der Waals surface area contributed by atoms with E-state index in [1.54, 1.807) is 26.2 Å². The van der Waals surface area contributed by atoms with Crippen LogP contribution in [0.1, 0.15) is 47.6 Å². The minimum absolute atomic E-state index is 0.110. The van der Waals surface area contributed by atoms with E-state index in [0.717, 1.165) is 5.56 Å². The first-order valence-electron chi connectivity index (χ1n) is 6.64. The minimum atomic E-state index is -0.245. The predicted molar refractivity (Wildman–Crippen MR) is 75.3 cm³/mol. The maximum atomic E-state index is 12.3. The van der Waals surface area contributed by atoms with Crippen LogP contribution in [0.15, 0.2) is 28.9 Å². The van der Waals surface area contributed by atoms with Crippen molar-refractivity contribution >= 4 is 5.91 Å². The number of aromatic nitrogens is 2. The van der Waals surface area contributed by atoms with Crippen LogP contribution in [-0.2, 0) is 0 Å². The number of pyridine rings is 1. The molecule has 5 nitrogen and oxygen atoms in total. The Morgan fingerprint density at radius 2 is 2.10 bits per heavy atom. The molecule has 1 atom stereocenters. The summed E-state index contributed by atoms with van der Waals surface area (Å²) < 4.78 is 5.35. The molecule has 0 saturated carbocycles. The molecule has 106 valence electrons. The van der Waals surface area contributed by atoms with Crippen LogP contribution in [0, 0.1) is 19.8 Å². The predicted octanol–water partition coefficient (Wildman–Crippen LogP) is 2.81. The smallest absolute Gasteiger partial charge is 0.289 e. The molecule has 5 heteroatoms. The molecule has 20 heavy (non-hydrogen) atoms. The summed E-state index contributed by atoms with van der Waals surface area (Å²) in [6.45, 7) is 7.59. The second-order valence-corrected chi connectivity index (χ2v) is 5.13. The molecule has 1 N–H and O–H groups in total. The number of amides is 1. The van der Waals surface area contributed by atoms with E-state index < -0.39 is 0 Å². The van der Waals surface area contributed by atoms with Crippen molar-refractivity contribution in [3.63, 3.8) is 0 Å². The van der Waals surface area contributed by atoms with E-state index in [4.69, 9.17) is 4.42 Å². The molecule has 0 aromatic carbocycles. The topological polar surface area (TPSA) is 68.0 Å². The Bertz CT molecular complexity index is 590. The Balaban J connectivity index is 2.21. The molecular formula is C15H19N3O2. The lowest BCUT2D eigenvalue weighted by atomic mass is 9.97. The van der Waals surface area contributed by atoms with Gasteiger partial charge >= 0.3 is 0 Å². The van der Waals surface area contributed by atoms with Crippen LogP contribution < -0.4 is 5.32 Å². The van der Waals surface area contributed by atoms with E-state index in [1.165, 1.54) is 0 Å². The number of nitrogens with zero attached hydrogens (tertiary/aromatic N) is 2. The highest BCUT2D eigenvalue weighted by atomic mass is 16.4. The lowest BCUT2D eigenvalue weighted by Crippen LogP contribution is -2.32. The highest BCUT2D eigenvalue weighted by Crippen LogP contribution is 2.21. The molecule has 0 saturated heterocycles. The molecule has 2 aromatic heterocycles. The number of aryl methyl sites for hydroxylation is 2. The third-order valence-corrected chi connectivity index (χ3v) is 3.11. The molecule has 2 rings (SSSR count). The fourth-order valence-electron chi connectivity index (χ4n) is 2.14. The normalized spacial score (nSPS) is 12.4. The molecule has 2 aromatic rings. The highest BCUT2D eigenvalue weighted by molar-refractivity contribution is 5.92. The van der Waals surface area contributed by atoms with Gasteiger partial charge in [0, 0.05) is 19.3 Å². The van der Waals surface area contributed by atoms with E-state index in [2.05, 4.69) is 29.1 Å². The maximum absolute atomic E-state index is 12.3. The number of hydrogen-bond acceptors (Lipinski definition) is 4. The van der Waals surface area contributed by atoms with Crippen molar-refractivity contribution in [2.45, 2.75) is 33.7 Å². The van der Waals surface area contributed by atoms with Crippen molar-refractivity contribution in [2.24, 2.45) is 5.92 Å². The summed E-state index contributed by atoms with van der Waals surface area (Å²) in [6, 6.07) is 3.71. The molecule has 0 aliphatic carbocycles. The van der Waals surface area contributed by atoms with Gasteiger partial charge in [0.2, 0.25) is 5.76 Å². The van der Waals surface area contributed by atoms with Gasteiger partial charge in [-0.1, -0.05) is 19.9 Å². The van der Waals surface area contributed by atoms with E-state index in [9.17, 15) is 4.79 Å². The van der Waals surface area contributed by atoms with Gasteiger partial charge < -0.3 is 9.73 Å². The largest absolute Gasteiger partial charge is 0.436 e. The van der Waals surface area contributed by atoms with Gasteiger partial charge in [0.1, 0.15) is 0 Å². The number of oxazole rings is 1. The van der Waals surface area contributed by atoms with Crippen molar-refractivity contribution in [1.29, 1.82) is 0 Å². The zero-order valence-corrected chi connectivity index (χ0v) is 12.2. The Labute approximate surface area is 118 Å². The van der Waals surface area contributed by atoms with E-state index >= 15 is 0 Å². The standard InChI is InChI=1S/C15H19N3O2/c1-9(2)13(12-6-5-7-16-8-12)18-15(19)14-10(3)17-11(4)20-14/h5-9,13H,1-4H3,(H,18,19)/t13-/m0/s1. The Morgan fingerprint density at radius 1 is 1.35 bits per heavy atom. The number of carbonyl (C=O) groups excluding carboxylic acids is 1. The van der Waals surface area contributed by atoms with Gasteiger partial charge in [0.15, 0.2) is 5.89 Å². The van der Waals surface area contributed by atoms with Crippen LogP contribution in [0.25, 0.3) is 0 Å². The molecule has 0 aliphatic rings. The molecule has 0 radical (unpaired) electrons. The van der Waals surface area contributed by atoms with Crippen molar-refractivity contribution in [3.05, 3.63) is 47.4 Å². The summed E-state index contributed by atoms with van der Waals surface area (Å²) in [5, 5.41) is 2.99. The van der Waals surface area contributed by atoms with Gasteiger partial charge in [0.25, 0.3) is 5.91 Å². The first-order chi connectivity index (χ1) is 9.49. The molecule has 0 aliphatic heterocycles. The van der Waals surface area contributed by atoms with Crippen LogP contribution in [-0.4, -0.2) is 15.9 Å². The van der Waals surface area contributed by atoms with E-state index in [-0.39, 0.29) is 23.6 Å². The Kier molecular flexibility index (Phi) is 4.17. The van der Waals surface area contributed by atoms with E-state index in [0.29, 0.717) is 11.6 Å². The van der Waals surface area contributed by atoms with Crippen molar-refractivity contribution < 1.29 is 9.21 Å². The summed E-state index contributed by atoms with van der Waals surface area (Å²) in [5.41, 5.74) is 1.58. The Hall–Kier alpha value is -2.17. The number of rotatable bonds is 4. The molecule has 2 heterocycles. The summed E-state index contributed by atoms with van der Waals surface area (Å²) in [4.78, 5) is 20.5. The van der Waals surface area contributed by atoms with Crippen molar-refractivity contribution in [2.75, 3.05) is 0 Å². The molecular weight excluding hydrogens is 254 g/mol. The van der Waals surface area contributed by atoms with Gasteiger partial charge in [0.05, 0.1) is 11.7 Å². The fraction of sp³-hybridized carbons (Fsp3) is 0.400. The maximum Gasteiger partial charge on any atom is 0.289 e. The van der Waals surface area contributed by atoms with Crippen LogP contribution in [0.2, 0.25) is 0 Å². The first-order valence-corrected chi connectivity index (χ1v) is 6.64. The quantitative estimate of drug-likeness (QED) is 0.930. The number of carbonyl (C=O) groups is 1. The van der Waals surface area contributed by atoms with Gasteiger partial charge in [-0.3, -0.25) is 9.78 Å². The average molecular weight is 273 g/mol. The lowest BCUT2D eigenvalue weighted by Gasteiger charge is -2.22. The number of hydrogen-bond donors (Lipinski definition) is 1. The molecule has 1 amide bonds. The number of nitrogens with one attached hydrogen (secondary N) is 1. The van der Waals surface area contributed by atoms with Crippen LogP contribution >= 0.6 is 0 Å². The Morgan fingerprint density at radius 3 is 2.60 bits per heavy atom. The van der Waals surface area contributed by atoms with Crippen molar-refractivity contribution in [3.8, 4) is 0 Å². The van der Waals surface area contributed by atoms with Gasteiger partial charge in [-0.05, 0) is 24.5 Å². The van der Waals surface area contributed by atoms with Crippen molar-refractivity contribution in [1.82, 2.24) is 15.3 Å². The SMILES string of the molecule is Cc1nc(C)c(C(=O)N[C@H](c2cccnc2)C(C)C)o1. The molecule has 0 fully saturated rings. The second kappa shape index (κ2) is 5.86. The van der Waals surface area contributed by atoms with Gasteiger partial charge in [-0.2, -0.15) is 0 Å². The third-order valence-electron chi connectivity index (χ3n) is 3.11. The lowest BCUT2D eigenvalue weighted by molar-refractivity contribution is 0.0895. The second-order valence-electron chi connectivity index (χ2n) is 5.13. The fourth-order valence-corrected chi connectivity index (χ4v) is 2.14. The average Bonchev–Trinajstić information content (AvgIpc) is 2.75. The molecule has 0 spiro atoms. The monoisotopic (exact) mass is 273 g/mol. The first kappa shape index (κ1) is 14.2. The zero-order chi connectivity index (χ0) is 14.7. The van der Waals surface area contributed by atoms with Crippen LogP contribution in [0.3, 0.4) is 0 Å². The van der Waals surface area contributed by atoms with Gasteiger partial charge in [-0.15, -0.1) is 0 Å². The van der Waals surface area contributed by atoms with E-state index in [1.807, 2.05) is 12.1 Å². The summed E-state index contributed by atoms with van der Waals surface area (Å²) in [5.74, 6) is 0.769. The molecule has 0 bridgehead atoms. The van der Waals surface area contributed by atoms with Crippen LogP contribution in [0.4, 0.5) is 0 Å². The minimum Gasteiger partial charge on any atom is -0.436 e. The highest BCUT2D eigenvalue weighted by Gasteiger charge is 2.23. The third kappa shape index (κ3) is 3.04. The summed E-state index contributed by atoms with van der Waals surface area (Å²) in [7, 11) is 0. The molecule has 0 unspecified atom stereocenters. The van der Waals surface area contributed by atoms with Crippen LogP contribution in [0.5, 0.6) is 0 Å².